The van der Waals surface area contributed by atoms with E-state index in [4.69, 9.17) is 10.2 Å². The quantitative estimate of drug-likeness (QED) is 0.880. The van der Waals surface area contributed by atoms with Gasteiger partial charge in [-0.05, 0) is 43.0 Å². The molecule has 1 fully saturated rings. The predicted octanol–water partition coefficient (Wildman–Crippen LogP) is 3.15. The third kappa shape index (κ3) is 4.33. The van der Waals surface area contributed by atoms with Crippen LogP contribution in [0, 0.1) is 5.82 Å². The van der Waals surface area contributed by atoms with Crippen LogP contribution in [0.3, 0.4) is 0 Å². The van der Waals surface area contributed by atoms with Crippen molar-refractivity contribution in [3.63, 3.8) is 0 Å². The molecule has 124 valence electrons. The maximum atomic E-state index is 13.2. The van der Waals surface area contributed by atoms with Crippen LogP contribution in [0.5, 0.6) is 0 Å². The Labute approximate surface area is 140 Å². The molecule has 0 unspecified atom stereocenters. The highest BCUT2D eigenvalue weighted by Crippen LogP contribution is 2.29. The number of carbonyl (C=O) groups is 1. The van der Waals surface area contributed by atoms with Gasteiger partial charge in [-0.2, -0.15) is 0 Å². The lowest BCUT2D eigenvalue weighted by molar-refractivity contribution is 0.0744. The van der Waals surface area contributed by atoms with Crippen molar-refractivity contribution in [2.24, 2.45) is 5.73 Å². The number of amides is 1. The molecule has 2 aromatic rings. The monoisotopic (exact) mass is 338 g/mol. The molecule has 0 saturated heterocycles. The van der Waals surface area contributed by atoms with Crippen LogP contribution in [0.1, 0.15) is 34.5 Å². The summed E-state index contributed by atoms with van der Waals surface area (Å²) in [5, 5.41) is 0. The fourth-order valence-electron chi connectivity index (χ4n) is 2.54. The van der Waals surface area contributed by atoms with Gasteiger partial charge >= 0.3 is 0 Å². The molecule has 1 aliphatic rings. The van der Waals surface area contributed by atoms with Crippen molar-refractivity contribution in [2.45, 2.75) is 31.8 Å². The lowest BCUT2D eigenvalue weighted by Crippen LogP contribution is -2.34. The van der Waals surface area contributed by atoms with Crippen molar-refractivity contribution in [2.75, 3.05) is 6.54 Å². The molecule has 0 aliphatic heterocycles. The highest BCUT2D eigenvalue weighted by atomic mass is 35.5. The Hall–Kier alpha value is -1.85. The molecule has 0 spiro atoms. The Kier molecular flexibility index (Phi) is 5.80. The number of hydrogen-bond donors (Lipinski definition) is 1. The van der Waals surface area contributed by atoms with Gasteiger partial charge in [0, 0.05) is 12.6 Å². The molecule has 0 bridgehead atoms. The Balaban J connectivity index is 0.00000192. The highest BCUT2D eigenvalue weighted by Gasteiger charge is 2.33. The third-order valence-electron chi connectivity index (χ3n) is 3.88. The summed E-state index contributed by atoms with van der Waals surface area (Å²) in [4.78, 5) is 14.5. The minimum atomic E-state index is -0.246. The van der Waals surface area contributed by atoms with Gasteiger partial charge in [0.1, 0.15) is 17.8 Å². The van der Waals surface area contributed by atoms with Gasteiger partial charge in [-0.15, -0.1) is 12.4 Å². The number of nitrogens with two attached hydrogens (primary N) is 1. The maximum absolute atomic E-state index is 13.2. The van der Waals surface area contributed by atoms with E-state index in [1.807, 2.05) is 11.0 Å². The zero-order chi connectivity index (χ0) is 15.5. The summed E-state index contributed by atoms with van der Waals surface area (Å²) in [6.45, 7) is 0.857. The highest BCUT2D eigenvalue weighted by molar-refractivity contribution is 5.94. The van der Waals surface area contributed by atoms with E-state index in [0.717, 1.165) is 18.4 Å². The molecule has 4 nitrogen and oxygen atoms in total. The smallest absolute Gasteiger partial charge is 0.257 e. The van der Waals surface area contributed by atoms with Gasteiger partial charge < -0.3 is 15.1 Å². The molecule has 1 aromatic carbocycles. The number of carbonyl (C=O) groups excluding carboxylic acids is 1. The summed E-state index contributed by atoms with van der Waals surface area (Å²) in [6, 6.07) is 8.49. The summed E-state index contributed by atoms with van der Waals surface area (Å²) in [5.41, 5.74) is 6.94. The summed E-state index contributed by atoms with van der Waals surface area (Å²) in [5.74, 6) is 0.316. The second-order valence-electron chi connectivity index (χ2n) is 5.62. The van der Waals surface area contributed by atoms with Crippen LogP contribution in [-0.4, -0.2) is 23.4 Å². The lowest BCUT2D eigenvalue weighted by atomic mass is 10.1. The summed E-state index contributed by atoms with van der Waals surface area (Å²) < 4.78 is 18.5. The Morgan fingerprint density at radius 3 is 2.74 bits per heavy atom. The van der Waals surface area contributed by atoms with Gasteiger partial charge in [-0.3, -0.25) is 4.79 Å². The molecular weight excluding hydrogens is 319 g/mol. The Morgan fingerprint density at radius 2 is 2.13 bits per heavy atom. The molecule has 23 heavy (non-hydrogen) atoms. The largest absolute Gasteiger partial charge is 0.467 e. The number of hydrogen-bond acceptors (Lipinski definition) is 3. The van der Waals surface area contributed by atoms with E-state index in [2.05, 4.69) is 0 Å². The fraction of sp³-hybridized carbons (Fsp3) is 0.353. The average Bonchev–Trinajstić information content (AvgIpc) is 3.23. The van der Waals surface area contributed by atoms with Crippen LogP contribution >= 0.6 is 12.4 Å². The number of furan rings is 1. The van der Waals surface area contributed by atoms with Gasteiger partial charge in [-0.25, -0.2) is 4.39 Å². The third-order valence-corrected chi connectivity index (χ3v) is 3.88. The normalized spacial score (nSPS) is 13.5. The second-order valence-corrected chi connectivity index (χ2v) is 5.62. The molecule has 2 N–H and O–H groups in total. The van der Waals surface area contributed by atoms with E-state index in [-0.39, 0.29) is 36.7 Å². The van der Waals surface area contributed by atoms with E-state index < -0.39 is 0 Å². The maximum Gasteiger partial charge on any atom is 0.257 e. The van der Waals surface area contributed by atoms with Gasteiger partial charge in [0.2, 0.25) is 0 Å². The van der Waals surface area contributed by atoms with Crippen LogP contribution in [0.4, 0.5) is 4.39 Å². The molecular formula is C17H20ClFN2O2. The van der Waals surface area contributed by atoms with E-state index in [1.54, 1.807) is 12.1 Å². The van der Waals surface area contributed by atoms with Crippen molar-refractivity contribution in [3.05, 3.63) is 59.3 Å². The zero-order valence-corrected chi connectivity index (χ0v) is 13.5. The molecule has 3 rings (SSSR count). The first-order valence-corrected chi connectivity index (χ1v) is 7.50. The summed E-state index contributed by atoms with van der Waals surface area (Å²) >= 11 is 0. The topological polar surface area (TPSA) is 59.5 Å². The Bertz CT molecular complexity index is 670. The van der Waals surface area contributed by atoms with Crippen molar-refractivity contribution in [1.82, 2.24) is 4.90 Å². The Morgan fingerprint density at radius 1 is 1.35 bits per heavy atom. The lowest BCUT2D eigenvalue weighted by Gasteiger charge is -2.21. The first kappa shape index (κ1) is 17.5. The van der Waals surface area contributed by atoms with Crippen LogP contribution in [-0.2, 0) is 13.0 Å². The van der Waals surface area contributed by atoms with Crippen molar-refractivity contribution in [3.8, 4) is 0 Å². The first-order chi connectivity index (χ1) is 10.7. The van der Waals surface area contributed by atoms with E-state index >= 15 is 0 Å². The molecule has 0 radical (unpaired) electrons. The molecule has 1 heterocycles. The molecule has 6 heteroatoms. The van der Waals surface area contributed by atoms with Gasteiger partial charge in [0.05, 0.1) is 12.1 Å². The fourth-order valence-corrected chi connectivity index (χ4v) is 2.54. The SMILES string of the molecule is Cl.NCc1cc(C(=O)N(CCc2cccc(F)c2)C2CC2)co1. The molecule has 1 saturated carbocycles. The minimum Gasteiger partial charge on any atom is -0.467 e. The second kappa shape index (κ2) is 7.62. The number of halogens is 2. The van der Waals surface area contributed by atoms with Crippen LogP contribution in [0.2, 0.25) is 0 Å². The van der Waals surface area contributed by atoms with Crippen molar-refractivity contribution in [1.29, 1.82) is 0 Å². The van der Waals surface area contributed by atoms with Crippen LogP contribution in [0.25, 0.3) is 0 Å². The van der Waals surface area contributed by atoms with Crippen molar-refractivity contribution < 1.29 is 13.6 Å². The van der Waals surface area contributed by atoms with E-state index in [9.17, 15) is 9.18 Å². The molecule has 0 atom stereocenters. The van der Waals surface area contributed by atoms with Crippen LogP contribution in [0.15, 0.2) is 41.0 Å². The minimum absolute atomic E-state index is 0. The van der Waals surface area contributed by atoms with E-state index in [0.29, 0.717) is 24.3 Å². The zero-order valence-electron chi connectivity index (χ0n) is 12.7. The number of benzene rings is 1. The van der Waals surface area contributed by atoms with Gasteiger partial charge in [-0.1, -0.05) is 12.1 Å². The summed E-state index contributed by atoms with van der Waals surface area (Å²) in [6.07, 6.45) is 4.15. The predicted molar refractivity (Wildman–Crippen MR) is 88.0 cm³/mol. The van der Waals surface area contributed by atoms with E-state index in [1.165, 1.54) is 18.4 Å². The number of nitrogens with zero attached hydrogens (tertiary/aromatic N) is 1. The first-order valence-electron chi connectivity index (χ1n) is 7.50. The average molecular weight is 339 g/mol. The number of rotatable bonds is 6. The van der Waals surface area contributed by atoms with Crippen molar-refractivity contribution >= 4 is 18.3 Å². The van der Waals surface area contributed by atoms with Gasteiger partial charge in [0.15, 0.2) is 0 Å². The van der Waals surface area contributed by atoms with Gasteiger partial charge in [0.25, 0.3) is 5.91 Å². The summed E-state index contributed by atoms with van der Waals surface area (Å²) in [7, 11) is 0. The molecule has 1 aromatic heterocycles. The standard InChI is InChI=1S/C17H19FN2O2.ClH/c18-14-3-1-2-12(8-14)6-7-20(15-4-5-15)17(21)13-9-16(10-19)22-11-13;/h1-3,8-9,11,15H,4-7,10,19H2;1H. The molecule has 1 amide bonds. The molecule has 1 aliphatic carbocycles. The van der Waals surface area contributed by atoms with Crippen LogP contribution < -0.4 is 5.73 Å².